The first-order valence-electron chi connectivity index (χ1n) is 11.2. The molecule has 2 fully saturated rings. The van der Waals surface area contributed by atoms with Crippen molar-refractivity contribution in [2.45, 2.75) is 55.1 Å². The maximum atomic E-state index is 12.9. The van der Waals surface area contributed by atoms with E-state index < -0.39 is 21.7 Å². The zero-order valence-electron chi connectivity index (χ0n) is 18.4. The quantitative estimate of drug-likeness (QED) is 0.739. The Morgan fingerprint density at radius 1 is 1.12 bits per heavy atom. The minimum absolute atomic E-state index is 0.0620. The van der Waals surface area contributed by atoms with Gasteiger partial charge in [0.1, 0.15) is 5.60 Å². The first-order valence-corrected chi connectivity index (χ1v) is 12.6. The van der Waals surface area contributed by atoms with E-state index in [0.29, 0.717) is 43.2 Å². The lowest BCUT2D eigenvalue weighted by Crippen LogP contribution is -2.46. The molecule has 33 heavy (non-hydrogen) atoms. The van der Waals surface area contributed by atoms with Gasteiger partial charge in [-0.3, -0.25) is 0 Å². The molecule has 0 radical (unpaired) electrons. The van der Waals surface area contributed by atoms with Crippen molar-refractivity contribution < 1.29 is 22.8 Å². The van der Waals surface area contributed by atoms with Gasteiger partial charge in [0, 0.05) is 37.9 Å². The van der Waals surface area contributed by atoms with E-state index in [1.165, 1.54) is 9.87 Å². The number of benzene rings is 2. The second-order valence-electron chi connectivity index (χ2n) is 9.05. The Kier molecular flexibility index (Phi) is 5.62. The molecule has 2 unspecified atom stereocenters. The molecule has 8 nitrogen and oxygen atoms in total. The molecule has 1 amide bonds. The lowest BCUT2D eigenvalue weighted by Gasteiger charge is -2.36. The first kappa shape index (κ1) is 21.9. The second-order valence-corrected chi connectivity index (χ2v) is 11.0. The number of hydrogen-bond donors (Lipinski definition) is 1. The van der Waals surface area contributed by atoms with E-state index in [-0.39, 0.29) is 11.9 Å². The highest BCUT2D eigenvalue weighted by molar-refractivity contribution is 7.89. The minimum Gasteiger partial charge on any atom is -0.392 e. The summed E-state index contributed by atoms with van der Waals surface area (Å²) < 4.78 is 32.7. The summed E-state index contributed by atoms with van der Waals surface area (Å²) in [7, 11) is -3.55. The van der Waals surface area contributed by atoms with Gasteiger partial charge in [0.15, 0.2) is 0 Å². The van der Waals surface area contributed by atoms with Crippen LogP contribution in [0.4, 0.5) is 4.79 Å². The smallest absolute Gasteiger partial charge is 0.392 e. The number of piperidine rings is 1. The first-order chi connectivity index (χ1) is 15.8. The zero-order valence-corrected chi connectivity index (χ0v) is 19.3. The maximum Gasteiger partial charge on any atom is 0.414 e. The van der Waals surface area contributed by atoms with Crippen molar-refractivity contribution in [2.75, 3.05) is 13.1 Å². The van der Waals surface area contributed by atoms with Crippen LogP contribution in [0.2, 0.25) is 0 Å². The summed E-state index contributed by atoms with van der Waals surface area (Å²) in [4.78, 5) is 18.2. The number of amides is 1. The van der Waals surface area contributed by atoms with E-state index in [1.54, 1.807) is 24.3 Å². The number of aryl methyl sites for hydroxylation is 1. The Balaban J connectivity index is 1.11. The SMILES string of the molecule is Cc1ccc(S(=O)(=O)N2CCC3(CC2)CC(OC(=O)NC2CC2c2ccccc2)=NO3)cc1. The van der Waals surface area contributed by atoms with Gasteiger partial charge in [0.05, 0.1) is 11.3 Å². The highest BCUT2D eigenvalue weighted by atomic mass is 32.2. The molecular weight excluding hydrogens is 442 g/mol. The highest BCUT2D eigenvalue weighted by Crippen LogP contribution is 2.41. The van der Waals surface area contributed by atoms with Crippen LogP contribution in [0.3, 0.4) is 0 Å². The second kappa shape index (κ2) is 8.46. The minimum atomic E-state index is -3.55. The van der Waals surface area contributed by atoms with Crippen LogP contribution in [-0.4, -0.2) is 49.4 Å². The third-order valence-electron chi connectivity index (χ3n) is 6.64. The number of ether oxygens (including phenoxy) is 1. The molecule has 5 rings (SSSR count). The molecule has 1 spiro atoms. The number of oxime groups is 1. The number of carbonyl (C=O) groups excluding carboxylic acids is 1. The lowest BCUT2D eigenvalue weighted by molar-refractivity contribution is -0.0506. The molecule has 2 aliphatic heterocycles. The van der Waals surface area contributed by atoms with Gasteiger partial charge in [0.25, 0.3) is 0 Å². The number of rotatable bonds is 4. The van der Waals surface area contributed by atoms with E-state index in [1.807, 2.05) is 25.1 Å². The maximum absolute atomic E-state index is 12.9. The molecule has 174 valence electrons. The van der Waals surface area contributed by atoms with Crippen LogP contribution in [0, 0.1) is 6.92 Å². The van der Waals surface area contributed by atoms with Gasteiger partial charge >= 0.3 is 6.09 Å². The van der Waals surface area contributed by atoms with Gasteiger partial charge in [-0.1, -0.05) is 53.2 Å². The summed E-state index contributed by atoms with van der Waals surface area (Å²) in [5.41, 5.74) is 1.59. The topological polar surface area (TPSA) is 97.3 Å². The molecule has 1 N–H and O–H groups in total. The van der Waals surface area contributed by atoms with Crippen LogP contribution in [0.15, 0.2) is 64.6 Å². The number of nitrogens with zero attached hydrogens (tertiary/aromatic N) is 2. The summed E-state index contributed by atoms with van der Waals surface area (Å²) in [6.45, 7) is 2.57. The summed E-state index contributed by atoms with van der Waals surface area (Å²) in [5.74, 6) is 0.547. The highest BCUT2D eigenvalue weighted by Gasteiger charge is 2.46. The fourth-order valence-corrected chi connectivity index (χ4v) is 5.96. The predicted octanol–water partition coefficient (Wildman–Crippen LogP) is 3.53. The van der Waals surface area contributed by atoms with Crippen molar-refractivity contribution in [3.63, 3.8) is 0 Å². The van der Waals surface area contributed by atoms with Crippen molar-refractivity contribution in [1.82, 2.24) is 9.62 Å². The van der Waals surface area contributed by atoms with Crippen LogP contribution in [0.25, 0.3) is 0 Å². The molecule has 2 aromatic carbocycles. The fourth-order valence-electron chi connectivity index (χ4n) is 4.52. The molecule has 2 aromatic rings. The molecule has 1 saturated carbocycles. The van der Waals surface area contributed by atoms with Crippen molar-refractivity contribution in [3.8, 4) is 0 Å². The standard InChI is InChI=1S/C24H27N3O5S/c1-17-7-9-19(10-8-17)33(29,30)27-13-11-24(12-14-27)16-22(26-32-24)31-23(28)25-21-15-20(21)18-5-3-2-4-6-18/h2-10,20-21H,11-16H2,1H3,(H,25,28). The Morgan fingerprint density at radius 2 is 1.82 bits per heavy atom. The van der Waals surface area contributed by atoms with Crippen LogP contribution in [0.1, 0.15) is 42.7 Å². The van der Waals surface area contributed by atoms with Crippen molar-refractivity contribution in [2.24, 2.45) is 5.16 Å². The predicted molar refractivity (Wildman–Crippen MR) is 122 cm³/mol. The van der Waals surface area contributed by atoms with Crippen LogP contribution < -0.4 is 5.32 Å². The van der Waals surface area contributed by atoms with Crippen molar-refractivity contribution in [1.29, 1.82) is 0 Å². The van der Waals surface area contributed by atoms with Crippen molar-refractivity contribution >= 4 is 22.0 Å². The summed E-state index contributed by atoms with van der Waals surface area (Å²) >= 11 is 0. The number of alkyl carbamates (subject to hydrolysis) is 1. The van der Waals surface area contributed by atoms with Crippen molar-refractivity contribution in [3.05, 3.63) is 65.7 Å². The summed E-state index contributed by atoms with van der Waals surface area (Å²) in [6, 6.07) is 17.0. The molecule has 2 heterocycles. The molecule has 9 heteroatoms. The largest absolute Gasteiger partial charge is 0.414 e. The average Bonchev–Trinajstić information content (AvgIpc) is 3.47. The van der Waals surface area contributed by atoms with Gasteiger partial charge in [-0.05, 0) is 31.0 Å². The molecular formula is C24H27N3O5S. The number of carbonyl (C=O) groups is 1. The third-order valence-corrected chi connectivity index (χ3v) is 8.55. The molecule has 1 saturated heterocycles. The Morgan fingerprint density at radius 3 is 2.52 bits per heavy atom. The van der Waals surface area contributed by atoms with Gasteiger partial charge in [-0.15, -0.1) is 0 Å². The zero-order chi connectivity index (χ0) is 23.1. The molecule has 0 bridgehead atoms. The summed E-state index contributed by atoms with van der Waals surface area (Å²) in [5, 5.41) is 6.86. The summed E-state index contributed by atoms with van der Waals surface area (Å²) in [6.07, 6.45) is 1.67. The van der Waals surface area contributed by atoms with Crippen LogP contribution in [0.5, 0.6) is 0 Å². The van der Waals surface area contributed by atoms with Crippen LogP contribution >= 0.6 is 0 Å². The molecule has 2 atom stereocenters. The molecule has 0 aromatic heterocycles. The fraction of sp³-hybridized carbons (Fsp3) is 0.417. The number of sulfonamides is 1. The van der Waals surface area contributed by atoms with Gasteiger partial charge in [0.2, 0.25) is 15.9 Å². The number of hydrogen-bond acceptors (Lipinski definition) is 6. The van der Waals surface area contributed by atoms with E-state index in [9.17, 15) is 13.2 Å². The Bertz CT molecular complexity index is 1160. The average molecular weight is 470 g/mol. The third kappa shape index (κ3) is 4.60. The van der Waals surface area contributed by atoms with Gasteiger partial charge in [-0.2, -0.15) is 4.31 Å². The Labute approximate surface area is 193 Å². The lowest BCUT2D eigenvalue weighted by atomic mass is 9.89. The molecule has 1 aliphatic carbocycles. The van der Waals surface area contributed by atoms with E-state index in [4.69, 9.17) is 9.57 Å². The van der Waals surface area contributed by atoms with Gasteiger partial charge in [-0.25, -0.2) is 13.2 Å². The monoisotopic (exact) mass is 469 g/mol. The van der Waals surface area contributed by atoms with E-state index in [2.05, 4.69) is 22.6 Å². The van der Waals surface area contributed by atoms with E-state index >= 15 is 0 Å². The molecule has 3 aliphatic rings. The van der Waals surface area contributed by atoms with E-state index in [0.717, 1.165) is 12.0 Å². The van der Waals surface area contributed by atoms with Gasteiger partial charge < -0.3 is 14.9 Å². The normalized spacial score (nSPS) is 24.1. The number of nitrogens with one attached hydrogen (secondary N) is 1. The van der Waals surface area contributed by atoms with Crippen LogP contribution in [-0.2, 0) is 19.6 Å². The Hall–Kier alpha value is -2.91.